The minimum absolute atomic E-state index is 0.265. The number of nitrogens with zero attached hydrogens (tertiary/aromatic N) is 3. The topological polar surface area (TPSA) is 66.3 Å². The van der Waals surface area contributed by atoms with E-state index in [1.54, 1.807) is 6.20 Å². The third-order valence-corrected chi connectivity index (χ3v) is 3.37. The van der Waals surface area contributed by atoms with Crippen molar-refractivity contribution in [2.45, 2.75) is 32.6 Å². The van der Waals surface area contributed by atoms with Gasteiger partial charge >= 0.3 is 5.97 Å². The van der Waals surface area contributed by atoms with E-state index < -0.39 is 5.97 Å². The van der Waals surface area contributed by atoms with E-state index in [4.69, 9.17) is 5.11 Å². The Morgan fingerprint density at radius 1 is 1.61 bits per heavy atom. The van der Waals surface area contributed by atoms with E-state index in [0.717, 1.165) is 44.0 Å². The summed E-state index contributed by atoms with van der Waals surface area (Å²) >= 11 is 0. The molecule has 5 heteroatoms. The van der Waals surface area contributed by atoms with E-state index in [-0.39, 0.29) is 6.42 Å². The van der Waals surface area contributed by atoms with Crippen molar-refractivity contribution in [1.29, 1.82) is 0 Å². The van der Waals surface area contributed by atoms with Crippen LogP contribution in [0.25, 0.3) is 0 Å². The Morgan fingerprint density at radius 2 is 2.44 bits per heavy atom. The van der Waals surface area contributed by atoms with E-state index in [1.165, 1.54) is 0 Å². The summed E-state index contributed by atoms with van der Waals surface area (Å²) in [6, 6.07) is 1.92. The summed E-state index contributed by atoms with van der Waals surface area (Å²) in [6.07, 6.45) is 5.02. The first-order valence-corrected chi connectivity index (χ1v) is 6.41. The molecule has 1 aliphatic heterocycles. The Kier molecular flexibility index (Phi) is 4.12. The summed E-state index contributed by atoms with van der Waals surface area (Å²) in [7, 11) is 0. The van der Waals surface area contributed by atoms with Crippen molar-refractivity contribution in [3.63, 3.8) is 0 Å². The smallest absolute Gasteiger partial charge is 0.303 e. The Hall–Kier alpha value is -1.65. The Morgan fingerprint density at radius 3 is 3.17 bits per heavy atom. The van der Waals surface area contributed by atoms with E-state index in [2.05, 4.69) is 14.9 Å². The number of piperidine rings is 1. The number of aliphatic carboxylic acids is 1. The zero-order valence-electron chi connectivity index (χ0n) is 10.7. The molecule has 0 spiro atoms. The lowest BCUT2D eigenvalue weighted by Gasteiger charge is -2.33. The average Bonchev–Trinajstić information content (AvgIpc) is 2.37. The predicted octanol–water partition coefficient (Wildman–Crippen LogP) is 1.87. The summed E-state index contributed by atoms with van der Waals surface area (Å²) in [6.45, 7) is 3.79. The molecule has 0 amide bonds. The lowest BCUT2D eigenvalue weighted by Crippen LogP contribution is -2.36. The van der Waals surface area contributed by atoms with Crippen LogP contribution in [0.4, 0.5) is 5.82 Å². The third-order valence-electron chi connectivity index (χ3n) is 3.37. The second-order valence-corrected chi connectivity index (χ2v) is 4.85. The van der Waals surface area contributed by atoms with Gasteiger partial charge in [0.15, 0.2) is 0 Å². The molecule has 1 aromatic heterocycles. The molecule has 0 radical (unpaired) electrons. The van der Waals surface area contributed by atoms with Gasteiger partial charge in [0.25, 0.3) is 0 Å². The van der Waals surface area contributed by atoms with Crippen molar-refractivity contribution in [2.75, 3.05) is 18.0 Å². The molecule has 1 N–H and O–H groups in total. The number of hydrogen-bond donors (Lipinski definition) is 1. The largest absolute Gasteiger partial charge is 0.481 e. The summed E-state index contributed by atoms with van der Waals surface area (Å²) in [5.74, 6) is 1.50. The highest BCUT2D eigenvalue weighted by Gasteiger charge is 2.21. The summed E-state index contributed by atoms with van der Waals surface area (Å²) < 4.78 is 0. The van der Waals surface area contributed by atoms with Gasteiger partial charge in [0.2, 0.25) is 0 Å². The van der Waals surface area contributed by atoms with Crippen molar-refractivity contribution in [3.8, 4) is 0 Å². The predicted molar refractivity (Wildman–Crippen MR) is 68.6 cm³/mol. The van der Waals surface area contributed by atoms with Gasteiger partial charge in [0.1, 0.15) is 11.6 Å². The monoisotopic (exact) mass is 249 g/mol. The van der Waals surface area contributed by atoms with Gasteiger partial charge in [0, 0.05) is 25.7 Å². The molecule has 1 unspecified atom stereocenters. The van der Waals surface area contributed by atoms with Gasteiger partial charge in [-0.25, -0.2) is 9.97 Å². The quantitative estimate of drug-likeness (QED) is 0.882. The molecule has 2 rings (SSSR count). The molecule has 0 saturated carbocycles. The van der Waals surface area contributed by atoms with Gasteiger partial charge in [-0.05, 0) is 38.2 Å². The highest BCUT2D eigenvalue weighted by atomic mass is 16.4. The number of rotatable bonds is 4. The minimum atomic E-state index is -0.704. The number of carboxylic acid groups (broad SMARTS) is 1. The Balaban J connectivity index is 1.96. The molecular weight excluding hydrogens is 230 g/mol. The van der Waals surface area contributed by atoms with Gasteiger partial charge in [-0.3, -0.25) is 4.79 Å². The van der Waals surface area contributed by atoms with Gasteiger partial charge in [-0.1, -0.05) is 0 Å². The summed E-state index contributed by atoms with van der Waals surface area (Å²) in [5.41, 5.74) is 0. The fraction of sp³-hybridized carbons (Fsp3) is 0.615. The van der Waals surface area contributed by atoms with E-state index in [0.29, 0.717) is 5.92 Å². The van der Waals surface area contributed by atoms with E-state index in [1.807, 2.05) is 13.0 Å². The average molecular weight is 249 g/mol. The lowest BCUT2D eigenvalue weighted by molar-refractivity contribution is -0.137. The second kappa shape index (κ2) is 5.80. The van der Waals surface area contributed by atoms with Crippen molar-refractivity contribution in [2.24, 2.45) is 5.92 Å². The number of hydrogen-bond acceptors (Lipinski definition) is 4. The van der Waals surface area contributed by atoms with Gasteiger partial charge in [0.05, 0.1) is 0 Å². The minimum Gasteiger partial charge on any atom is -0.481 e. The number of anilines is 1. The third kappa shape index (κ3) is 3.42. The molecule has 0 aromatic carbocycles. The SMILES string of the molecule is Cc1nccc(N2CCCC(CCC(=O)O)C2)n1. The molecule has 5 nitrogen and oxygen atoms in total. The van der Waals surface area contributed by atoms with Gasteiger partial charge < -0.3 is 10.0 Å². The maximum absolute atomic E-state index is 10.6. The Labute approximate surface area is 107 Å². The molecule has 1 atom stereocenters. The van der Waals surface area contributed by atoms with Crippen LogP contribution in [0.1, 0.15) is 31.5 Å². The molecule has 1 aromatic rings. The maximum atomic E-state index is 10.6. The van der Waals surface area contributed by atoms with Crippen LogP contribution in [-0.2, 0) is 4.79 Å². The highest BCUT2D eigenvalue weighted by Crippen LogP contribution is 2.24. The number of carboxylic acids is 1. The van der Waals surface area contributed by atoms with Crippen molar-refractivity contribution < 1.29 is 9.90 Å². The van der Waals surface area contributed by atoms with Crippen molar-refractivity contribution >= 4 is 11.8 Å². The van der Waals surface area contributed by atoms with Crippen LogP contribution in [0.3, 0.4) is 0 Å². The first-order valence-electron chi connectivity index (χ1n) is 6.41. The fourth-order valence-corrected chi connectivity index (χ4v) is 2.46. The normalized spacial score (nSPS) is 19.8. The van der Waals surface area contributed by atoms with Crippen LogP contribution in [0.2, 0.25) is 0 Å². The molecule has 0 aliphatic carbocycles. The zero-order valence-corrected chi connectivity index (χ0v) is 10.7. The first kappa shape index (κ1) is 12.8. The van der Waals surface area contributed by atoms with Gasteiger partial charge in [-0.2, -0.15) is 0 Å². The van der Waals surface area contributed by atoms with Crippen LogP contribution in [0, 0.1) is 12.8 Å². The van der Waals surface area contributed by atoms with E-state index in [9.17, 15) is 4.79 Å². The van der Waals surface area contributed by atoms with Crippen LogP contribution >= 0.6 is 0 Å². The standard InChI is InChI=1S/C13H19N3O2/c1-10-14-7-6-12(15-10)16-8-2-3-11(9-16)4-5-13(17)18/h6-7,11H,2-5,8-9H2,1H3,(H,17,18). The maximum Gasteiger partial charge on any atom is 0.303 e. The molecular formula is C13H19N3O2. The van der Waals surface area contributed by atoms with Crippen LogP contribution in [0.15, 0.2) is 12.3 Å². The summed E-state index contributed by atoms with van der Waals surface area (Å²) in [4.78, 5) is 21.4. The second-order valence-electron chi connectivity index (χ2n) is 4.85. The van der Waals surface area contributed by atoms with Crippen molar-refractivity contribution in [1.82, 2.24) is 9.97 Å². The van der Waals surface area contributed by atoms with Crippen LogP contribution < -0.4 is 4.90 Å². The molecule has 0 bridgehead atoms. The van der Waals surface area contributed by atoms with Crippen LogP contribution in [-0.4, -0.2) is 34.1 Å². The Bertz CT molecular complexity index is 422. The fourth-order valence-electron chi connectivity index (χ4n) is 2.46. The molecule has 1 fully saturated rings. The van der Waals surface area contributed by atoms with E-state index >= 15 is 0 Å². The summed E-state index contributed by atoms with van der Waals surface area (Å²) in [5, 5.41) is 8.73. The molecule has 98 valence electrons. The number of aryl methyl sites for hydroxylation is 1. The van der Waals surface area contributed by atoms with Crippen LogP contribution in [0.5, 0.6) is 0 Å². The highest BCUT2D eigenvalue weighted by molar-refractivity contribution is 5.66. The zero-order chi connectivity index (χ0) is 13.0. The molecule has 2 heterocycles. The first-order chi connectivity index (χ1) is 8.65. The lowest BCUT2D eigenvalue weighted by atomic mass is 9.93. The van der Waals surface area contributed by atoms with Crippen molar-refractivity contribution in [3.05, 3.63) is 18.1 Å². The molecule has 1 saturated heterocycles. The number of carbonyl (C=O) groups is 1. The van der Waals surface area contributed by atoms with Gasteiger partial charge in [-0.15, -0.1) is 0 Å². The molecule has 18 heavy (non-hydrogen) atoms. The molecule has 1 aliphatic rings. The number of aromatic nitrogens is 2.